The number of rotatable bonds is 5. The van der Waals surface area contributed by atoms with Gasteiger partial charge in [0.2, 0.25) is 5.91 Å². The maximum atomic E-state index is 13.3. The summed E-state index contributed by atoms with van der Waals surface area (Å²) in [6.07, 6.45) is 6.54. The summed E-state index contributed by atoms with van der Waals surface area (Å²) in [5, 5.41) is 20.4. The summed E-state index contributed by atoms with van der Waals surface area (Å²) in [6, 6.07) is 14.9. The third kappa shape index (κ3) is 4.78. The van der Waals surface area contributed by atoms with Gasteiger partial charge in [-0.05, 0) is 43.0 Å². The number of carbonyl (C=O) groups is 1. The molecule has 1 heterocycles. The number of phenolic OH excluding ortho intramolecular Hbond substituents is 2. The first-order chi connectivity index (χ1) is 14.6. The Morgan fingerprint density at radius 3 is 2.50 bits per heavy atom. The molecule has 0 radical (unpaired) electrons. The van der Waals surface area contributed by atoms with Crippen molar-refractivity contribution in [1.29, 1.82) is 0 Å². The van der Waals surface area contributed by atoms with Crippen molar-refractivity contribution >= 4 is 5.91 Å². The van der Waals surface area contributed by atoms with E-state index in [-0.39, 0.29) is 29.7 Å². The van der Waals surface area contributed by atoms with E-state index in [1.807, 2.05) is 23.1 Å². The molecule has 5 heteroatoms. The van der Waals surface area contributed by atoms with E-state index in [0.29, 0.717) is 6.04 Å². The smallest absolute Gasteiger partial charge is 0.223 e. The largest absolute Gasteiger partial charge is 0.508 e. The van der Waals surface area contributed by atoms with Gasteiger partial charge in [-0.15, -0.1) is 0 Å². The Morgan fingerprint density at radius 1 is 0.933 bits per heavy atom. The number of hydrogen-bond acceptors (Lipinski definition) is 4. The summed E-state index contributed by atoms with van der Waals surface area (Å²) < 4.78 is 0. The van der Waals surface area contributed by atoms with Crippen LogP contribution in [0.5, 0.6) is 11.5 Å². The van der Waals surface area contributed by atoms with Crippen molar-refractivity contribution in [2.45, 2.75) is 50.5 Å². The topological polar surface area (TPSA) is 64.0 Å². The Labute approximate surface area is 178 Å². The van der Waals surface area contributed by atoms with Crippen molar-refractivity contribution in [2.24, 2.45) is 0 Å². The van der Waals surface area contributed by atoms with Crippen LogP contribution in [0.1, 0.15) is 55.6 Å². The van der Waals surface area contributed by atoms with Crippen molar-refractivity contribution in [1.82, 2.24) is 9.80 Å². The fourth-order valence-electron chi connectivity index (χ4n) is 5.06. The van der Waals surface area contributed by atoms with Crippen molar-refractivity contribution in [3.05, 3.63) is 59.7 Å². The molecule has 2 aliphatic rings. The molecule has 1 unspecified atom stereocenters. The fraction of sp³-hybridized carbons (Fsp3) is 0.480. The van der Waals surface area contributed by atoms with Gasteiger partial charge >= 0.3 is 0 Å². The molecule has 0 aromatic heterocycles. The van der Waals surface area contributed by atoms with Crippen molar-refractivity contribution in [2.75, 3.05) is 26.2 Å². The average Bonchev–Trinajstić information content (AvgIpc) is 3.17. The molecule has 2 N–H and O–H groups in total. The van der Waals surface area contributed by atoms with E-state index < -0.39 is 0 Å². The second-order valence-corrected chi connectivity index (χ2v) is 8.62. The van der Waals surface area contributed by atoms with E-state index in [4.69, 9.17) is 0 Å². The quantitative estimate of drug-likeness (QED) is 0.782. The van der Waals surface area contributed by atoms with E-state index in [9.17, 15) is 15.0 Å². The predicted molar refractivity (Wildman–Crippen MR) is 118 cm³/mol. The monoisotopic (exact) mass is 408 g/mol. The molecule has 4 rings (SSSR count). The van der Waals surface area contributed by atoms with Gasteiger partial charge in [0, 0.05) is 50.1 Å². The molecular formula is C25H32N2O3. The van der Waals surface area contributed by atoms with Crippen LogP contribution in [0.3, 0.4) is 0 Å². The minimum absolute atomic E-state index is 0.111. The zero-order valence-electron chi connectivity index (χ0n) is 17.5. The first kappa shape index (κ1) is 20.7. The normalized spacial score (nSPS) is 19.5. The maximum absolute atomic E-state index is 13.3. The van der Waals surface area contributed by atoms with Gasteiger partial charge in [-0.25, -0.2) is 0 Å². The molecule has 30 heavy (non-hydrogen) atoms. The summed E-state index contributed by atoms with van der Waals surface area (Å²) in [6.45, 7) is 3.58. The number of benzene rings is 2. The number of nitrogens with zero attached hydrogens (tertiary/aromatic N) is 2. The lowest BCUT2D eigenvalue weighted by Gasteiger charge is -2.28. The van der Waals surface area contributed by atoms with Crippen LogP contribution >= 0.6 is 0 Å². The lowest BCUT2D eigenvalue weighted by Crippen LogP contribution is -2.38. The first-order valence-corrected chi connectivity index (χ1v) is 11.2. The molecule has 1 atom stereocenters. The lowest BCUT2D eigenvalue weighted by atomic mass is 9.87. The van der Waals surface area contributed by atoms with Crippen LogP contribution in [0.2, 0.25) is 0 Å². The lowest BCUT2D eigenvalue weighted by molar-refractivity contribution is -0.131. The molecule has 1 saturated heterocycles. The molecule has 160 valence electrons. The van der Waals surface area contributed by atoms with Gasteiger partial charge in [0.05, 0.1) is 0 Å². The molecule has 1 amide bonds. The zero-order valence-corrected chi connectivity index (χ0v) is 17.5. The summed E-state index contributed by atoms with van der Waals surface area (Å²) in [5.74, 6) is 0.170. The highest BCUT2D eigenvalue weighted by Crippen LogP contribution is 2.35. The average molecular weight is 409 g/mol. The summed E-state index contributed by atoms with van der Waals surface area (Å²) in [7, 11) is 0. The number of para-hydroxylation sites is 1. The molecule has 1 aliphatic heterocycles. The number of hydrogen-bond donors (Lipinski definition) is 2. The van der Waals surface area contributed by atoms with Crippen molar-refractivity contribution in [3.63, 3.8) is 0 Å². The first-order valence-electron chi connectivity index (χ1n) is 11.2. The third-order valence-corrected chi connectivity index (χ3v) is 6.69. The van der Waals surface area contributed by atoms with Crippen molar-refractivity contribution < 1.29 is 15.0 Å². The highest BCUT2D eigenvalue weighted by Gasteiger charge is 2.28. The highest BCUT2D eigenvalue weighted by molar-refractivity contribution is 5.78. The van der Waals surface area contributed by atoms with Crippen LogP contribution in [0.15, 0.2) is 48.5 Å². The van der Waals surface area contributed by atoms with Crippen LogP contribution in [0.25, 0.3) is 0 Å². The van der Waals surface area contributed by atoms with Gasteiger partial charge in [0.15, 0.2) is 0 Å². The summed E-state index contributed by atoms with van der Waals surface area (Å²) >= 11 is 0. The predicted octanol–water partition coefficient (Wildman–Crippen LogP) is 4.10. The van der Waals surface area contributed by atoms with E-state index in [0.717, 1.165) is 43.7 Å². The molecule has 5 nitrogen and oxygen atoms in total. The van der Waals surface area contributed by atoms with Crippen LogP contribution in [0, 0.1) is 0 Å². The van der Waals surface area contributed by atoms with Gasteiger partial charge < -0.3 is 15.1 Å². The SMILES string of the molecule is O=C(CC(c1cccc(O)c1)c1ccccc1O)N1CCCN(C2CCCC2)CC1. The second kappa shape index (κ2) is 9.52. The summed E-state index contributed by atoms with van der Waals surface area (Å²) in [4.78, 5) is 17.9. The molecule has 1 aliphatic carbocycles. The van der Waals surface area contributed by atoms with E-state index in [2.05, 4.69) is 4.90 Å². The number of amides is 1. The third-order valence-electron chi connectivity index (χ3n) is 6.69. The van der Waals surface area contributed by atoms with Gasteiger partial charge in [-0.3, -0.25) is 9.69 Å². The number of carbonyl (C=O) groups excluding carboxylic acids is 1. The highest BCUT2D eigenvalue weighted by atomic mass is 16.3. The van der Waals surface area contributed by atoms with Gasteiger partial charge in [-0.2, -0.15) is 0 Å². The molecule has 2 aromatic rings. The van der Waals surface area contributed by atoms with E-state index >= 15 is 0 Å². The molecule has 2 aromatic carbocycles. The minimum atomic E-state index is -0.292. The van der Waals surface area contributed by atoms with Crippen LogP contribution in [-0.2, 0) is 4.79 Å². The fourth-order valence-corrected chi connectivity index (χ4v) is 5.06. The molecule has 0 spiro atoms. The van der Waals surface area contributed by atoms with Crippen LogP contribution in [-0.4, -0.2) is 58.1 Å². The second-order valence-electron chi connectivity index (χ2n) is 8.62. The Balaban J connectivity index is 1.50. The van der Waals surface area contributed by atoms with E-state index in [1.165, 1.54) is 25.7 Å². The van der Waals surface area contributed by atoms with Gasteiger partial charge in [-0.1, -0.05) is 43.2 Å². The Bertz CT molecular complexity index is 863. The minimum Gasteiger partial charge on any atom is -0.508 e. The zero-order chi connectivity index (χ0) is 20.9. The summed E-state index contributed by atoms with van der Waals surface area (Å²) in [5.41, 5.74) is 1.56. The number of phenols is 2. The molecule has 0 bridgehead atoms. The Hall–Kier alpha value is -2.53. The Morgan fingerprint density at radius 2 is 1.73 bits per heavy atom. The molecule has 1 saturated carbocycles. The van der Waals surface area contributed by atoms with Gasteiger partial charge in [0.25, 0.3) is 0 Å². The number of aromatic hydroxyl groups is 2. The molecule has 2 fully saturated rings. The van der Waals surface area contributed by atoms with E-state index in [1.54, 1.807) is 30.3 Å². The standard InChI is InChI=1S/C25H32N2O3/c28-21-10-5-7-19(17-21)23(22-11-3-4-12-24(22)29)18-25(30)27-14-6-13-26(15-16-27)20-8-1-2-9-20/h3-5,7,10-12,17,20,23,28-29H,1-2,6,8-9,13-16,18H2. The Kier molecular flexibility index (Phi) is 6.58. The van der Waals surface area contributed by atoms with Crippen LogP contribution < -0.4 is 0 Å². The maximum Gasteiger partial charge on any atom is 0.223 e. The van der Waals surface area contributed by atoms with Crippen molar-refractivity contribution in [3.8, 4) is 11.5 Å². The molecular weight excluding hydrogens is 376 g/mol. The van der Waals surface area contributed by atoms with Gasteiger partial charge in [0.1, 0.15) is 11.5 Å². The van der Waals surface area contributed by atoms with Crippen LogP contribution in [0.4, 0.5) is 0 Å².